The quantitative estimate of drug-likeness (QED) is 0.807. The number of nitrogens with one attached hydrogen (secondary N) is 1. The molecule has 0 spiro atoms. The summed E-state index contributed by atoms with van der Waals surface area (Å²) in [6.45, 7) is 5.92. The van der Waals surface area contributed by atoms with Crippen molar-refractivity contribution in [3.8, 4) is 0 Å². The van der Waals surface area contributed by atoms with Crippen LogP contribution in [-0.2, 0) is 4.79 Å². The molecule has 0 aromatic heterocycles. The van der Waals surface area contributed by atoms with Crippen molar-refractivity contribution in [3.63, 3.8) is 0 Å². The van der Waals surface area contributed by atoms with Gasteiger partial charge in [0.2, 0.25) is 5.91 Å². The van der Waals surface area contributed by atoms with Crippen molar-refractivity contribution in [2.24, 2.45) is 5.92 Å². The van der Waals surface area contributed by atoms with Crippen LogP contribution in [0.2, 0.25) is 5.02 Å². The summed E-state index contributed by atoms with van der Waals surface area (Å²) >= 11 is 5.94. The Morgan fingerprint density at radius 2 is 2.00 bits per heavy atom. The minimum atomic E-state index is 0.0407. The van der Waals surface area contributed by atoms with Gasteiger partial charge in [-0.25, -0.2) is 0 Å². The van der Waals surface area contributed by atoms with Crippen molar-refractivity contribution in [2.75, 3.05) is 11.1 Å². The number of rotatable bonds is 4. The Balaban J connectivity index is 2.88. The Kier molecular flexibility index (Phi) is 4.82. The molecule has 94 valence electrons. The average Bonchev–Trinajstić information content (AvgIpc) is 2.27. The van der Waals surface area contributed by atoms with Crippen LogP contribution in [-0.4, -0.2) is 5.91 Å². The fraction of sp³-hybridized carbons (Fsp3) is 0.462. The lowest BCUT2D eigenvalue weighted by Crippen LogP contribution is -2.22. The van der Waals surface area contributed by atoms with Crippen LogP contribution in [0.25, 0.3) is 0 Å². The number of nitrogen functional groups attached to an aromatic ring is 1. The highest BCUT2D eigenvalue weighted by Gasteiger charge is 2.15. The normalized spacial score (nSPS) is 10.6. The third-order valence-electron chi connectivity index (χ3n) is 2.96. The first-order chi connectivity index (χ1) is 7.99. The lowest BCUT2D eigenvalue weighted by molar-refractivity contribution is -0.120. The molecule has 0 saturated heterocycles. The van der Waals surface area contributed by atoms with Crippen LogP contribution in [0.3, 0.4) is 0 Å². The minimum Gasteiger partial charge on any atom is -0.398 e. The predicted molar refractivity (Wildman–Crippen MR) is 73.3 cm³/mol. The number of halogens is 1. The summed E-state index contributed by atoms with van der Waals surface area (Å²) in [6, 6.07) is 3.47. The number of carbonyl (C=O) groups is 1. The maximum absolute atomic E-state index is 11.9. The second-order valence-electron chi connectivity index (χ2n) is 4.19. The van der Waals surface area contributed by atoms with E-state index in [9.17, 15) is 4.79 Å². The van der Waals surface area contributed by atoms with Gasteiger partial charge in [-0.15, -0.1) is 0 Å². The van der Waals surface area contributed by atoms with Crippen molar-refractivity contribution in [1.29, 1.82) is 0 Å². The van der Waals surface area contributed by atoms with E-state index in [1.165, 1.54) is 0 Å². The largest absolute Gasteiger partial charge is 0.398 e. The molecule has 0 unspecified atom stereocenters. The molecule has 17 heavy (non-hydrogen) atoms. The van der Waals surface area contributed by atoms with Gasteiger partial charge in [0.25, 0.3) is 0 Å². The van der Waals surface area contributed by atoms with Gasteiger partial charge in [0.05, 0.1) is 10.7 Å². The Morgan fingerprint density at radius 1 is 1.41 bits per heavy atom. The fourth-order valence-electron chi connectivity index (χ4n) is 1.73. The first-order valence-electron chi connectivity index (χ1n) is 5.86. The maximum atomic E-state index is 11.9. The van der Waals surface area contributed by atoms with Crippen molar-refractivity contribution < 1.29 is 4.79 Å². The van der Waals surface area contributed by atoms with Gasteiger partial charge in [-0.1, -0.05) is 25.4 Å². The van der Waals surface area contributed by atoms with Crippen LogP contribution in [0.1, 0.15) is 32.3 Å². The smallest absolute Gasteiger partial charge is 0.227 e. The summed E-state index contributed by atoms with van der Waals surface area (Å²) < 4.78 is 0. The molecule has 1 aromatic rings. The van der Waals surface area contributed by atoms with Crippen LogP contribution in [0.5, 0.6) is 0 Å². The molecule has 1 aromatic carbocycles. The Hall–Kier alpha value is -1.22. The monoisotopic (exact) mass is 254 g/mol. The Labute approximate surface area is 107 Å². The number of carbonyl (C=O) groups excluding carboxylic acids is 1. The van der Waals surface area contributed by atoms with E-state index in [4.69, 9.17) is 17.3 Å². The van der Waals surface area contributed by atoms with Gasteiger partial charge in [-0.05, 0) is 37.5 Å². The molecule has 0 bridgehead atoms. The molecule has 4 heteroatoms. The number of anilines is 2. The maximum Gasteiger partial charge on any atom is 0.227 e. The molecular weight excluding hydrogens is 236 g/mol. The second kappa shape index (κ2) is 5.92. The third kappa shape index (κ3) is 3.37. The van der Waals surface area contributed by atoms with Crippen molar-refractivity contribution in [1.82, 2.24) is 0 Å². The first kappa shape index (κ1) is 13.8. The molecule has 0 atom stereocenters. The molecule has 1 rings (SSSR count). The van der Waals surface area contributed by atoms with E-state index in [1.54, 1.807) is 12.1 Å². The van der Waals surface area contributed by atoms with E-state index < -0.39 is 0 Å². The molecule has 0 aliphatic heterocycles. The summed E-state index contributed by atoms with van der Waals surface area (Å²) in [5.41, 5.74) is 7.88. The van der Waals surface area contributed by atoms with E-state index in [0.717, 1.165) is 24.1 Å². The zero-order valence-corrected chi connectivity index (χ0v) is 11.3. The standard InChI is InChI=1S/C13H19ClN2O/c1-4-9(5-2)13(17)16-12-7-10(14)11(15)6-8(12)3/h6-7,9H,4-5,15H2,1-3H3,(H,16,17). The van der Waals surface area contributed by atoms with Crippen LogP contribution >= 0.6 is 11.6 Å². The van der Waals surface area contributed by atoms with E-state index in [0.29, 0.717) is 10.7 Å². The zero-order valence-electron chi connectivity index (χ0n) is 10.5. The number of hydrogen-bond donors (Lipinski definition) is 2. The van der Waals surface area contributed by atoms with Crippen LogP contribution in [0.4, 0.5) is 11.4 Å². The molecule has 0 aliphatic rings. The average molecular weight is 255 g/mol. The van der Waals surface area contributed by atoms with Gasteiger partial charge in [0, 0.05) is 11.6 Å². The highest BCUT2D eigenvalue weighted by atomic mass is 35.5. The van der Waals surface area contributed by atoms with Gasteiger partial charge in [-0.2, -0.15) is 0 Å². The molecule has 0 radical (unpaired) electrons. The van der Waals surface area contributed by atoms with E-state index in [1.807, 2.05) is 20.8 Å². The number of amides is 1. The summed E-state index contributed by atoms with van der Waals surface area (Å²) in [4.78, 5) is 11.9. The number of hydrogen-bond acceptors (Lipinski definition) is 2. The Morgan fingerprint density at radius 3 is 2.53 bits per heavy atom. The summed E-state index contributed by atoms with van der Waals surface area (Å²) in [6.07, 6.45) is 1.67. The highest BCUT2D eigenvalue weighted by Crippen LogP contribution is 2.27. The van der Waals surface area contributed by atoms with Gasteiger partial charge >= 0.3 is 0 Å². The fourth-order valence-corrected chi connectivity index (χ4v) is 1.90. The van der Waals surface area contributed by atoms with E-state index >= 15 is 0 Å². The third-order valence-corrected chi connectivity index (χ3v) is 3.29. The number of aryl methyl sites for hydroxylation is 1. The van der Waals surface area contributed by atoms with Gasteiger partial charge in [-0.3, -0.25) is 4.79 Å². The molecule has 1 amide bonds. The zero-order chi connectivity index (χ0) is 13.0. The van der Waals surface area contributed by atoms with Gasteiger partial charge in [0.1, 0.15) is 0 Å². The molecule has 3 nitrogen and oxygen atoms in total. The van der Waals surface area contributed by atoms with Crippen LogP contribution < -0.4 is 11.1 Å². The minimum absolute atomic E-state index is 0.0407. The van der Waals surface area contributed by atoms with E-state index in [2.05, 4.69) is 5.32 Å². The summed E-state index contributed by atoms with van der Waals surface area (Å²) in [5, 5.41) is 3.37. The van der Waals surface area contributed by atoms with E-state index in [-0.39, 0.29) is 11.8 Å². The van der Waals surface area contributed by atoms with Gasteiger partial charge < -0.3 is 11.1 Å². The predicted octanol–water partition coefficient (Wildman–Crippen LogP) is 3.61. The topological polar surface area (TPSA) is 55.1 Å². The van der Waals surface area contributed by atoms with Crippen molar-refractivity contribution >= 4 is 28.9 Å². The second-order valence-corrected chi connectivity index (χ2v) is 4.60. The van der Waals surface area contributed by atoms with Gasteiger partial charge in [0.15, 0.2) is 0 Å². The summed E-state index contributed by atoms with van der Waals surface area (Å²) in [5.74, 6) is 0.0877. The number of nitrogens with two attached hydrogens (primary N) is 1. The molecule has 0 fully saturated rings. The molecular formula is C13H19ClN2O. The highest BCUT2D eigenvalue weighted by molar-refractivity contribution is 6.33. The van der Waals surface area contributed by atoms with Crippen molar-refractivity contribution in [2.45, 2.75) is 33.6 Å². The van der Waals surface area contributed by atoms with Crippen LogP contribution in [0, 0.1) is 12.8 Å². The van der Waals surface area contributed by atoms with Crippen molar-refractivity contribution in [3.05, 3.63) is 22.7 Å². The SMILES string of the molecule is CCC(CC)C(=O)Nc1cc(Cl)c(N)cc1C. The first-order valence-corrected chi connectivity index (χ1v) is 6.23. The number of benzene rings is 1. The summed E-state index contributed by atoms with van der Waals surface area (Å²) in [7, 11) is 0. The molecule has 3 N–H and O–H groups in total. The Bertz CT molecular complexity index is 414. The molecule has 0 aliphatic carbocycles. The lowest BCUT2D eigenvalue weighted by atomic mass is 10.0. The molecule has 0 heterocycles. The molecule has 0 saturated carbocycles. The lowest BCUT2D eigenvalue weighted by Gasteiger charge is -2.15. The van der Waals surface area contributed by atoms with Crippen LogP contribution in [0.15, 0.2) is 12.1 Å².